The molecule has 0 aliphatic carbocycles. The Morgan fingerprint density at radius 1 is 1.06 bits per heavy atom. The van der Waals surface area contributed by atoms with Crippen molar-refractivity contribution < 1.29 is 4.74 Å². The second-order valence-electron chi connectivity index (χ2n) is 7.76. The minimum Gasteiger partial charge on any atom is -0.491 e. The molecule has 0 amide bonds. The van der Waals surface area contributed by atoms with Gasteiger partial charge in [0.2, 0.25) is 0 Å². The number of rotatable bonds is 8. The fraction of sp³-hybridized carbons (Fsp3) is 0.458. The number of nitrogens with one attached hydrogen (secondary N) is 1. The third-order valence-electron chi connectivity index (χ3n) is 5.41. The predicted octanol–water partition coefficient (Wildman–Crippen LogP) is 3.38. The zero-order valence-corrected chi connectivity index (χ0v) is 19.8. The molecule has 32 heavy (non-hydrogen) atoms. The van der Waals surface area contributed by atoms with Crippen LogP contribution in [0.1, 0.15) is 35.6 Å². The van der Waals surface area contributed by atoms with Gasteiger partial charge < -0.3 is 19.9 Å². The van der Waals surface area contributed by atoms with Crippen LogP contribution in [0.5, 0.6) is 5.75 Å². The van der Waals surface area contributed by atoms with Gasteiger partial charge in [-0.1, -0.05) is 24.3 Å². The molecule has 7 nitrogen and oxygen atoms in total. The van der Waals surface area contributed by atoms with E-state index in [4.69, 9.17) is 9.72 Å². The first-order valence-corrected chi connectivity index (χ1v) is 11.9. The number of thioether (sulfide) groups is 1. The highest BCUT2D eigenvalue weighted by molar-refractivity contribution is 7.98. The van der Waals surface area contributed by atoms with Crippen LogP contribution >= 0.6 is 11.8 Å². The van der Waals surface area contributed by atoms with Crippen LogP contribution in [-0.2, 0) is 12.3 Å². The lowest BCUT2D eigenvalue weighted by Crippen LogP contribution is -2.30. The first kappa shape index (κ1) is 23.9. The average molecular weight is 451 g/mol. The van der Waals surface area contributed by atoms with Crippen LogP contribution in [0.25, 0.3) is 0 Å². The van der Waals surface area contributed by atoms with Gasteiger partial charge >= 0.3 is 0 Å². The van der Waals surface area contributed by atoms with Gasteiger partial charge in [0.25, 0.3) is 0 Å². The number of likely N-dealkylation sites (N-methyl/N-ethyl adjacent to an activating group) is 1. The van der Waals surface area contributed by atoms with Crippen molar-refractivity contribution in [3.8, 4) is 17.9 Å². The summed E-state index contributed by atoms with van der Waals surface area (Å²) < 4.78 is 5.83. The van der Waals surface area contributed by atoms with Crippen molar-refractivity contribution in [3.05, 3.63) is 46.5 Å². The summed E-state index contributed by atoms with van der Waals surface area (Å²) >= 11 is 1.51. The summed E-state index contributed by atoms with van der Waals surface area (Å²) in [5.41, 5.74) is 3.08. The molecular weight excluding hydrogens is 420 g/mol. The van der Waals surface area contributed by atoms with Crippen molar-refractivity contribution in [1.82, 2.24) is 15.2 Å². The minimum atomic E-state index is 0.343. The second kappa shape index (κ2) is 11.7. The van der Waals surface area contributed by atoms with Crippen LogP contribution in [0, 0.1) is 22.7 Å². The van der Waals surface area contributed by atoms with E-state index in [-0.39, 0.29) is 0 Å². The molecule has 1 aliphatic rings. The smallest absolute Gasteiger partial charge is 0.161 e. The van der Waals surface area contributed by atoms with Crippen LogP contribution < -0.4 is 15.0 Å². The summed E-state index contributed by atoms with van der Waals surface area (Å²) in [6.45, 7) is 6.59. The second-order valence-corrected chi connectivity index (χ2v) is 8.72. The maximum absolute atomic E-state index is 9.94. The molecule has 8 heteroatoms. The number of hydrogen-bond donors (Lipinski definition) is 1. The van der Waals surface area contributed by atoms with Crippen LogP contribution in [0.15, 0.2) is 29.3 Å². The van der Waals surface area contributed by atoms with Gasteiger partial charge in [0.1, 0.15) is 28.3 Å². The average Bonchev–Trinajstić information content (AvgIpc) is 3.03. The summed E-state index contributed by atoms with van der Waals surface area (Å²) in [5, 5.41) is 23.6. The maximum Gasteiger partial charge on any atom is 0.161 e. The zero-order chi connectivity index (χ0) is 22.9. The molecule has 0 saturated carbocycles. The first-order chi connectivity index (χ1) is 15.6. The molecule has 0 spiro atoms. The topological polar surface area (TPSA) is 88.2 Å². The molecule has 3 rings (SSSR count). The van der Waals surface area contributed by atoms with Gasteiger partial charge in [-0.15, -0.1) is 11.8 Å². The Balaban J connectivity index is 1.95. The molecule has 1 aromatic heterocycles. The summed E-state index contributed by atoms with van der Waals surface area (Å²) in [4.78, 5) is 9.28. The summed E-state index contributed by atoms with van der Waals surface area (Å²) in [7, 11) is 4.04. The molecule has 1 aliphatic heterocycles. The third-order valence-corrected chi connectivity index (χ3v) is 6.46. The van der Waals surface area contributed by atoms with Crippen molar-refractivity contribution in [1.29, 1.82) is 10.5 Å². The van der Waals surface area contributed by atoms with Gasteiger partial charge in [-0.2, -0.15) is 10.5 Å². The van der Waals surface area contributed by atoms with Crippen molar-refractivity contribution in [3.63, 3.8) is 0 Å². The molecule has 0 radical (unpaired) electrons. The van der Waals surface area contributed by atoms with Gasteiger partial charge in [0, 0.05) is 31.9 Å². The van der Waals surface area contributed by atoms with E-state index in [1.54, 1.807) is 0 Å². The Labute approximate surface area is 195 Å². The van der Waals surface area contributed by atoms with Crippen molar-refractivity contribution >= 4 is 17.6 Å². The van der Waals surface area contributed by atoms with Crippen molar-refractivity contribution in [2.45, 2.75) is 30.7 Å². The van der Waals surface area contributed by atoms with Crippen LogP contribution in [0.2, 0.25) is 0 Å². The lowest BCUT2D eigenvalue weighted by molar-refractivity contribution is 0.336. The van der Waals surface area contributed by atoms with Crippen LogP contribution in [-0.4, -0.2) is 56.8 Å². The predicted molar refractivity (Wildman–Crippen MR) is 128 cm³/mol. The SMILES string of the molecule is CCOc1c(C#N)c(SCc2ccc(CNC)cc2)nc(N2CCCN(C)CC2)c1C#N. The van der Waals surface area contributed by atoms with Crippen molar-refractivity contribution in [2.24, 2.45) is 0 Å². The van der Waals surface area contributed by atoms with Crippen LogP contribution in [0.4, 0.5) is 5.82 Å². The summed E-state index contributed by atoms with van der Waals surface area (Å²) in [5.74, 6) is 1.66. The highest BCUT2D eigenvalue weighted by atomic mass is 32.2. The Morgan fingerprint density at radius 3 is 2.44 bits per heavy atom. The Bertz CT molecular complexity index is 996. The fourth-order valence-corrected chi connectivity index (χ4v) is 4.65. The lowest BCUT2D eigenvalue weighted by Gasteiger charge is -2.25. The number of nitriles is 2. The molecule has 0 bridgehead atoms. The normalized spacial score (nSPS) is 14.5. The zero-order valence-electron chi connectivity index (χ0n) is 19.0. The molecule has 1 fully saturated rings. The van der Waals surface area contributed by atoms with Gasteiger partial charge in [-0.3, -0.25) is 0 Å². The number of hydrogen-bond acceptors (Lipinski definition) is 8. The maximum atomic E-state index is 9.94. The number of aromatic nitrogens is 1. The minimum absolute atomic E-state index is 0.343. The lowest BCUT2D eigenvalue weighted by atomic mass is 10.1. The fourth-order valence-electron chi connectivity index (χ4n) is 3.72. The van der Waals surface area contributed by atoms with Gasteiger partial charge in [0.15, 0.2) is 11.6 Å². The monoisotopic (exact) mass is 450 g/mol. The molecule has 168 valence electrons. The van der Waals surface area contributed by atoms with Crippen molar-refractivity contribution in [2.75, 3.05) is 51.8 Å². The van der Waals surface area contributed by atoms with E-state index in [0.29, 0.717) is 40.1 Å². The number of nitrogens with zero attached hydrogens (tertiary/aromatic N) is 5. The highest BCUT2D eigenvalue weighted by Gasteiger charge is 2.26. The van der Waals surface area contributed by atoms with E-state index >= 15 is 0 Å². The van der Waals surface area contributed by atoms with E-state index < -0.39 is 0 Å². The van der Waals surface area contributed by atoms with Gasteiger partial charge in [-0.05, 0) is 45.1 Å². The molecule has 1 N–H and O–H groups in total. The summed E-state index contributed by atoms with van der Waals surface area (Å²) in [6.07, 6.45) is 0.995. The first-order valence-electron chi connectivity index (χ1n) is 10.9. The Hall–Kier alpha value is -2.78. The van der Waals surface area contributed by atoms with Crippen LogP contribution in [0.3, 0.4) is 0 Å². The standard InChI is InChI=1S/C24H30N6OS/c1-4-31-22-20(14-25)23(30-11-5-10-29(3)12-13-30)28-24(21(22)15-26)32-17-19-8-6-18(7-9-19)16-27-2/h6-9,27H,4-5,10-13,16-17H2,1-3H3. The Kier molecular flexibility index (Phi) is 8.75. The molecular formula is C24H30N6OS. The van der Waals surface area contributed by atoms with E-state index in [1.807, 2.05) is 14.0 Å². The molecule has 0 unspecified atom stereocenters. The number of benzene rings is 1. The summed E-state index contributed by atoms with van der Waals surface area (Å²) in [6, 6.07) is 12.9. The molecule has 0 atom stereocenters. The van der Waals surface area contributed by atoms with E-state index in [0.717, 1.165) is 44.7 Å². The molecule has 1 saturated heterocycles. The molecule has 1 aromatic carbocycles. The number of ether oxygens (including phenoxy) is 1. The third kappa shape index (κ3) is 5.72. The molecule has 2 heterocycles. The Morgan fingerprint density at radius 2 is 1.78 bits per heavy atom. The van der Waals surface area contributed by atoms with Gasteiger partial charge in [-0.25, -0.2) is 4.98 Å². The van der Waals surface area contributed by atoms with E-state index in [1.165, 1.54) is 17.3 Å². The largest absolute Gasteiger partial charge is 0.491 e. The number of pyridine rings is 1. The van der Waals surface area contributed by atoms with E-state index in [9.17, 15) is 10.5 Å². The highest BCUT2D eigenvalue weighted by Crippen LogP contribution is 2.38. The number of anilines is 1. The van der Waals surface area contributed by atoms with Gasteiger partial charge in [0.05, 0.1) is 6.61 Å². The quantitative estimate of drug-likeness (QED) is 0.613. The van der Waals surface area contributed by atoms with E-state index in [2.05, 4.69) is 58.6 Å². The molecule has 2 aromatic rings.